The van der Waals surface area contributed by atoms with Gasteiger partial charge in [0.05, 0.1) is 0 Å². The van der Waals surface area contributed by atoms with Crippen molar-refractivity contribution >= 4 is 17.8 Å². The van der Waals surface area contributed by atoms with E-state index in [-0.39, 0.29) is 24.4 Å². The largest absolute Gasteiger partial charge is 0.338 e. The van der Waals surface area contributed by atoms with Gasteiger partial charge in [0.2, 0.25) is 5.91 Å². The summed E-state index contributed by atoms with van der Waals surface area (Å²) in [6.07, 6.45) is 7.52. The minimum absolute atomic E-state index is 0.0666. The smallest absolute Gasteiger partial charge is 0.325 e. The Bertz CT molecular complexity index is 655. The lowest BCUT2D eigenvalue weighted by molar-refractivity contribution is -0.137. The van der Waals surface area contributed by atoms with Crippen molar-refractivity contribution in [3.63, 3.8) is 0 Å². The third-order valence-corrected chi connectivity index (χ3v) is 5.19. The van der Waals surface area contributed by atoms with Gasteiger partial charge < -0.3 is 9.80 Å². The number of rotatable bonds is 5. The number of likely N-dealkylation sites (tertiary alicyclic amines) is 1. The highest BCUT2D eigenvalue weighted by Gasteiger charge is 2.46. The number of hydrogen-bond acceptors (Lipinski definition) is 4. The summed E-state index contributed by atoms with van der Waals surface area (Å²) < 4.78 is 1.87. The minimum atomic E-state index is -0.993. The maximum atomic E-state index is 12.8. The van der Waals surface area contributed by atoms with Gasteiger partial charge in [-0.05, 0) is 45.6 Å². The van der Waals surface area contributed by atoms with E-state index in [1.165, 1.54) is 4.90 Å². The normalized spacial score (nSPS) is 23.0. The second-order valence-corrected chi connectivity index (χ2v) is 7.20. The highest BCUT2D eigenvalue weighted by molar-refractivity contribution is 6.07. The molecule has 1 aromatic heterocycles. The molecule has 2 fully saturated rings. The number of nitrogens with zero attached hydrogens (tertiary/aromatic N) is 4. The molecule has 4 amide bonds. The first kappa shape index (κ1) is 17.4. The van der Waals surface area contributed by atoms with E-state index in [1.54, 1.807) is 20.0 Å². The summed E-state index contributed by atoms with van der Waals surface area (Å²) in [5.74, 6) is -0.456. The predicted molar refractivity (Wildman–Crippen MR) is 90.5 cm³/mol. The molecule has 8 heteroatoms. The lowest BCUT2D eigenvalue weighted by Gasteiger charge is -2.38. The van der Waals surface area contributed by atoms with E-state index < -0.39 is 11.6 Å². The van der Waals surface area contributed by atoms with Gasteiger partial charge >= 0.3 is 6.03 Å². The fraction of sp³-hybridized carbons (Fsp3) is 0.647. The van der Waals surface area contributed by atoms with Crippen molar-refractivity contribution in [2.75, 3.05) is 13.1 Å². The molecular weight excluding hydrogens is 322 g/mol. The monoisotopic (exact) mass is 347 g/mol. The molecule has 2 saturated heterocycles. The summed E-state index contributed by atoms with van der Waals surface area (Å²) in [5, 5.41) is 6.49. The van der Waals surface area contributed by atoms with Crippen LogP contribution in [0.1, 0.15) is 39.5 Å². The number of carbonyl (C=O) groups excluding carboxylic acids is 3. The Morgan fingerprint density at radius 3 is 2.80 bits per heavy atom. The Labute approximate surface area is 147 Å². The standard InChI is InChI=1S/C17H25N5O3/c1-17(2)15(24)19-16(25)22(17)12-14(23)21-10-4-3-6-13(21)7-11-20-9-5-8-18-20/h5,8-9,13H,3-4,6-7,10-12H2,1-2H3,(H,19,24,25)/t13-/m1/s1. The number of aromatic nitrogens is 2. The van der Waals surface area contributed by atoms with Crippen LogP contribution in [0.5, 0.6) is 0 Å². The van der Waals surface area contributed by atoms with E-state index in [9.17, 15) is 14.4 Å². The number of nitrogens with one attached hydrogen (secondary N) is 1. The molecule has 1 N–H and O–H groups in total. The minimum Gasteiger partial charge on any atom is -0.338 e. The van der Waals surface area contributed by atoms with Crippen molar-refractivity contribution in [3.8, 4) is 0 Å². The van der Waals surface area contributed by atoms with Crippen LogP contribution in [-0.4, -0.2) is 62.1 Å². The third kappa shape index (κ3) is 3.52. The van der Waals surface area contributed by atoms with Crippen LogP contribution in [0.4, 0.5) is 4.79 Å². The van der Waals surface area contributed by atoms with E-state index >= 15 is 0 Å². The molecule has 0 radical (unpaired) electrons. The van der Waals surface area contributed by atoms with Gasteiger partial charge in [-0.15, -0.1) is 0 Å². The summed E-state index contributed by atoms with van der Waals surface area (Å²) in [6.45, 7) is 4.71. The molecule has 0 unspecified atom stereocenters. The first-order chi connectivity index (χ1) is 11.9. The van der Waals surface area contributed by atoms with Crippen molar-refractivity contribution in [1.29, 1.82) is 0 Å². The molecule has 0 saturated carbocycles. The first-order valence-electron chi connectivity index (χ1n) is 8.79. The molecule has 25 heavy (non-hydrogen) atoms. The van der Waals surface area contributed by atoms with E-state index in [2.05, 4.69) is 10.4 Å². The molecule has 0 spiro atoms. The molecule has 3 rings (SSSR count). The fourth-order valence-electron chi connectivity index (χ4n) is 3.53. The number of imide groups is 1. The molecule has 2 aliphatic rings. The molecule has 0 aliphatic carbocycles. The molecule has 0 bridgehead atoms. The van der Waals surface area contributed by atoms with Crippen LogP contribution in [0, 0.1) is 0 Å². The number of hydrogen-bond donors (Lipinski definition) is 1. The van der Waals surface area contributed by atoms with Gasteiger partial charge in [-0.25, -0.2) is 4.79 Å². The van der Waals surface area contributed by atoms with Gasteiger partial charge in [0, 0.05) is 31.5 Å². The number of urea groups is 1. The van der Waals surface area contributed by atoms with Crippen molar-refractivity contribution in [3.05, 3.63) is 18.5 Å². The predicted octanol–water partition coefficient (Wildman–Crippen LogP) is 0.985. The second kappa shape index (κ2) is 6.85. The first-order valence-corrected chi connectivity index (χ1v) is 8.79. The number of carbonyl (C=O) groups is 3. The molecule has 1 aromatic rings. The van der Waals surface area contributed by atoms with Crippen LogP contribution in [0.15, 0.2) is 18.5 Å². The van der Waals surface area contributed by atoms with Crippen molar-refractivity contribution in [2.24, 2.45) is 0 Å². The average Bonchev–Trinajstić information content (AvgIpc) is 3.16. The number of aryl methyl sites for hydroxylation is 1. The molecule has 2 aliphatic heterocycles. The average molecular weight is 347 g/mol. The van der Waals surface area contributed by atoms with E-state index in [0.29, 0.717) is 6.54 Å². The molecule has 1 atom stereocenters. The zero-order valence-corrected chi connectivity index (χ0v) is 14.8. The molecule has 136 valence electrons. The second-order valence-electron chi connectivity index (χ2n) is 7.20. The Hall–Kier alpha value is -2.38. The zero-order valence-electron chi connectivity index (χ0n) is 14.8. The molecule has 0 aromatic carbocycles. The van der Waals surface area contributed by atoms with E-state index in [0.717, 1.165) is 32.2 Å². The molecule has 3 heterocycles. The summed E-state index contributed by atoms with van der Waals surface area (Å²) in [4.78, 5) is 39.9. The molecular formula is C17H25N5O3. The van der Waals surface area contributed by atoms with Crippen molar-refractivity contribution < 1.29 is 14.4 Å². The van der Waals surface area contributed by atoms with Crippen LogP contribution in [0.25, 0.3) is 0 Å². The van der Waals surface area contributed by atoms with Crippen molar-refractivity contribution in [2.45, 2.75) is 57.7 Å². The lowest BCUT2D eigenvalue weighted by atomic mass is 9.98. The van der Waals surface area contributed by atoms with Crippen molar-refractivity contribution in [1.82, 2.24) is 24.9 Å². The number of amides is 4. The Kier molecular flexibility index (Phi) is 4.78. The van der Waals surface area contributed by atoms with Crippen LogP contribution < -0.4 is 5.32 Å². The summed E-state index contributed by atoms with van der Waals surface area (Å²) in [6, 6.07) is 1.54. The Morgan fingerprint density at radius 1 is 1.36 bits per heavy atom. The summed E-state index contributed by atoms with van der Waals surface area (Å²) in [5.41, 5.74) is -0.993. The fourth-order valence-corrected chi connectivity index (χ4v) is 3.53. The van der Waals surface area contributed by atoms with Crippen LogP contribution >= 0.6 is 0 Å². The highest BCUT2D eigenvalue weighted by Crippen LogP contribution is 2.24. The SMILES string of the molecule is CC1(C)C(=O)NC(=O)N1CC(=O)N1CCCC[C@@H]1CCn1cccn1. The summed E-state index contributed by atoms with van der Waals surface area (Å²) >= 11 is 0. The van der Waals surface area contributed by atoms with Gasteiger partial charge in [0.1, 0.15) is 12.1 Å². The maximum Gasteiger partial charge on any atom is 0.325 e. The topological polar surface area (TPSA) is 87.5 Å². The van der Waals surface area contributed by atoms with Gasteiger partial charge in [0.25, 0.3) is 5.91 Å². The zero-order chi connectivity index (χ0) is 18.0. The van der Waals surface area contributed by atoms with Gasteiger partial charge in [0.15, 0.2) is 0 Å². The maximum absolute atomic E-state index is 12.8. The van der Waals surface area contributed by atoms with Gasteiger partial charge in [-0.3, -0.25) is 19.6 Å². The van der Waals surface area contributed by atoms with Gasteiger partial charge in [-0.2, -0.15) is 5.10 Å². The van der Waals surface area contributed by atoms with Crippen LogP contribution in [-0.2, 0) is 16.1 Å². The lowest BCUT2D eigenvalue weighted by Crippen LogP contribution is -2.52. The Balaban J connectivity index is 1.64. The third-order valence-electron chi connectivity index (χ3n) is 5.19. The van der Waals surface area contributed by atoms with Gasteiger partial charge in [-0.1, -0.05) is 0 Å². The van der Waals surface area contributed by atoms with Crippen LogP contribution in [0.2, 0.25) is 0 Å². The van der Waals surface area contributed by atoms with E-state index in [4.69, 9.17) is 0 Å². The van der Waals surface area contributed by atoms with E-state index in [1.807, 2.05) is 21.8 Å². The highest BCUT2D eigenvalue weighted by atomic mass is 16.2. The Morgan fingerprint density at radius 2 is 2.16 bits per heavy atom. The summed E-state index contributed by atoms with van der Waals surface area (Å²) in [7, 11) is 0. The quantitative estimate of drug-likeness (QED) is 0.805. The number of piperidine rings is 1. The molecule has 8 nitrogen and oxygen atoms in total. The van der Waals surface area contributed by atoms with Crippen LogP contribution in [0.3, 0.4) is 0 Å².